The molecule has 1 aromatic heterocycles. The molecule has 6 heteroatoms. The van der Waals surface area contributed by atoms with Gasteiger partial charge in [0, 0.05) is 18.8 Å². The second-order valence-electron chi connectivity index (χ2n) is 5.41. The van der Waals surface area contributed by atoms with Gasteiger partial charge in [-0.15, -0.1) is 0 Å². The molecular formula is C16H19N5O. The van der Waals surface area contributed by atoms with Crippen LogP contribution < -0.4 is 15.5 Å². The number of benzene rings is 1. The maximum atomic E-state index is 11.9. The van der Waals surface area contributed by atoms with Crippen LogP contribution in [-0.4, -0.2) is 29.1 Å². The summed E-state index contributed by atoms with van der Waals surface area (Å²) in [5.41, 5.74) is 2.43. The van der Waals surface area contributed by atoms with Crippen molar-refractivity contribution in [2.45, 2.75) is 19.8 Å². The molecule has 3 rings (SSSR count). The molecule has 1 saturated heterocycles. The van der Waals surface area contributed by atoms with Crippen molar-refractivity contribution in [3.8, 4) is 0 Å². The molecule has 2 heterocycles. The number of nitrogens with one attached hydrogen (secondary N) is 2. The normalized spacial score (nSPS) is 14.0. The van der Waals surface area contributed by atoms with Crippen molar-refractivity contribution in [3.63, 3.8) is 0 Å². The molecule has 0 unspecified atom stereocenters. The first kappa shape index (κ1) is 14.3. The van der Waals surface area contributed by atoms with Gasteiger partial charge in [0.15, 0.2) is 0 Å². The highest BCUT2D eigenvalue weighted by molar-refractivity contribution is 5.99. The summed E-state index contributed by atoms with van der Waals surface area (Å²) in [4.78, 5) is 22.7. The number of hydrogen-bond donors (Lipinski definition) is 2. The fourth-order valence-electron chi connectivity index (χ4n) is 2.48. The third-order valence-electron chi connectivity index (χ3n) is 3.56. The average Bonchev–Trinajstić information content (AvgIpc) is 3.02. The van der Waals surface area contributed by atoms with Crippen molar-refractivity contribution in [3.05, 3.63) is 42.2 Å². The maximum Gasteiger partial charge on any atom is 0.323 e. The van der Waals surface area contributed by atoms with Crippen LogP contribution in [0.1, 0.15) is 18.4 Å². The number of carbonyl (C=O) groups excluding carboxylic acids is 1. The zero-order valence-corrected chi connectivity index (χ0v) is 12.5. The molecule has 114 valence electrons. The largest absolute Gasteiger partial charge is 0.341 e. The SMILES string of the molecule is Cc1cccc(NC(=O)Nc2cnc(N3CCCC3)nc2)c1. The van der Waals surface area contributed by atoms with E-state index in [1.807, 2.05) is 31.2 Å². The summed E-state index contributed by atoms with van der Waals surface area (Å²) in [5.74, 6) is 0.724. The third-order valence-corrected chi connectivity index (χ3v) is 3.56. The third kappa shape index (κ3) is 3.52. The van der Waals surface area contributed by atoms with Gasteiger partial charge in [0.05, 0.1) is 18.1 Å². The maximum absolute atomic E-state index is 11.9. The molecule has 0 atom stereocenters. The first-order valence-corrected chi connectivity index (χ1v) is 7.42. The van der Waals surface area contributed by atoms with E-state index in [1.165, 1.54) is 12.8 Å². The van der Waals surface area contributed by atoms with E-state index < -0.39 is 0 Å². The van der Waals surface area contributed by atoms with Crippen molar-refractivity contribution < 1.29 is 4.79 Å². The Morgan fingerprint density at radius 3 is 2.45 bits per heavy atom. The molecule has 0 bridgehead atoms. The Kier molecular flexibility index (Phi) is 4.18. The summed E-state index contributed by atoms with van der Waals surface area (Å²) in [6.45, 7) is 3.98. The van der Waals surface area contributed by atoms with E-state index in [-0.39, 0.29) is 6.03 Å². The average molecular weight is 297 g/mol. The monoisotopic (exact) mass is 297 g/mol. The first-order chi connectivity index (χ1) is 10.7. The van der Waals surface area contributed by atoms with Gasteiger partial charge < -0.3 is 15.5 Å². The number of anilines is 3. The molecule has 2 amide bonds. The number of aryl methyl sites for hydroxylation is 1. The number of nitrogens with zero attached hydrogens (tertiary/aromatic N) is 3. The molecule has 1 aliphatic heterocycles. The van der Waals surface area contributed by atoms with Gasteiger partial charge >= 0.3 is 6.03 Å². The van der Waals surface area contributed by atoms with Crippen molar-refractivity contribution in [1.29, 1.82) is 0 Å². The van der Waals surface area contributed by atoms with Gasteiger partial charge in [0.1, 0.15) is 0 Å². The molecule has 2 N–H and O–H groups in total. The van der Waals surface area contributed by atoms with E-state index in [2.05, 4.69) is 25.5 Å². The molecule has 0 aliphatic carbocycles. The van der Waals surface area contributed by atoms with Gasteiger partial charge in [-0.1, -0.05) is 12.1 Å². The van der Waals surface area contributed by atoms with E-state index in [1.54, 1.807) is 12.4 Å². The smallest absolute Gasteiger partial charge is 0.323 e. The van der Waals surface area contributed by atoms with Crippen LogP contribution in [0.4, 0.5) is 22.1 Å². The van der Waals surface area contributed by atoms with Crippen LogP contribution in [0.15, 0.2) is 36.7 Å². The fraction of sp³-hybridized carbons (Fsp3) is 0.312. The number of aromatic nitrogens is 2. The molecule has 0 radical (unpaired) electrons. The lowest BCUT2D eigenvalue weighted by molar-refractivity contribution is 0.262. The second-order valence-corrected chi connectivity index (χ2v) is 5.41. The number of urea groups is 1. The summed E-state index contributed by atoms with van der Waals surface area (Å²) >= 11 is 0. The highest BCUT2D eigenvalue weighted by Gasteiger charge is 2.14. The second kappa shape index (κ2) is 6.43. The Hall–Kier alpha value is -2.63. The topological polar surface area (TPSA) is 70.2 Å². The first-order valence-electron chi connectivity index (χ1n) is 7.42. The molecular weight excluding hydrogens is 278 g/mol. The number of amides is 2. The van der Waals surface area contributed by atoms with E-state index in [0.717, 1.165) is 30.3 Å². The summed E-state index contributed by atoms with van der Waals surface area (Å²) < 4.78 is 0. The fourth-order valence-corrected chi connectivity index (χ4v) is 2.48. The molecule has 6 nitrogen and oxygen atoms in total. The molecule has 2 aromatic rings. The van der Waals surface area contributed by atoms with Crippen LogP contribution in [0.3, 0.4) is 0 Å². The predicted molar refractivity (Wildman–Crippen MR) is 87.3 cm³/mol. The number of hydrogen-bond acceptors (Lipinski definition) is 4. The Labute approximate surface area is 129 Å². The predicted octanol–water partition coefficient (Wildman–Crippen LogP) is 3.03. The zero-order chi connectivity index (χ0) is 15.4. The van der Waals surface area contributed by atoms with Gasteiger partial charge in [-0.05, 0) is 37.5 Å². The van der Waals surface area contributed by atoms with Crippen LogP contribution in [-0.2, 0) is 0 Å². The summed E-state index contributed by atoms with van der Waals surface area (Å²) in [5, 5.41) is 5.52. The number of rotatable bonds is 3. The van der Waals surface area contributed by atoms with Crippen LogP contribution >= 0.6 is 0 Å². The van der Waals surface area contributed by atoms with E-state index in [9.17, 15) is 4.79 Å². The standard InChI is InChI=1S/C16H19N5O/c1-12-5-4-6-13(9-12)19-16(22)20-14-10-17-15(18-11-14)21-7-2-3-8-21/h4-6,9-11H,2-3,7-8H2,1H3,(H2,19,20,22). The van der Waals surface area contributed by atoms with Crippen LogP contribution in [0.25, 0.3) is 0 Å². The zero-order valence-electron chi connectivity index (χ0n) is 12.5. The molecule has 1 aliphatic rings. The highest BCUT2D eigenvalue weighted by Crippen LogP contribution is 2.16. The summed E-state index contributed by atoms with van der Waals surface area (Å²) in [6, 6.07) is 7.34. The van der Waals surface area contributed by atoms with Crippen molar-refractivity contribution >= 4 is 23.4 Å². The van der Waals surface area contributed by atoms with Gasteiger partial charge in [-0.25, -0.2) is 14.8 Å². The van der Waals surface area contributed by atoms with E-state index in [0.29, 0.717) is 5.69 Å². The van der Waals surface area contributed by atoms with Gasteiger partial charge in [-0.3, -0.25) is 0 Å². The van der Waals surface area contributed by atoms with Crippen LogP contribution in [0, 0.1) is 6.92 Å². The molecule has 0 spiro atoms. The number of carbonyl (C=O) groups is 1. The molecule has 22 heavy (non-hydrogen) atoms. The minimum atomic E-state index is -0.303. The van der Waals surface area contributed by atoms with Gasteiger partial charge in [-0.2, -0.15) is 0 Å². The lowest BCUT2D eigenvalue weighted by Gasteiger charge is -2.14. The van der Waals surface area contributed by atoms with Crippen LogP contribution in [0.2, 0.25) is 0 Å². The minimum absolute atomic E-state index is 0.303. The highest BCUT2D eigenvalue weighted by atomic mass is 16.2. The lowest BCUT2D eigenvalue weighted by atomic mass is 10.2. The van der Waals surface area contributed by atoms with Crippen molar-refractivity contribution in [2.75, 3.05) is 28.6 Å². The molecule has 1 aromatic carbocycles. The van der Waals surface area contributed by atoms with E-state index in [4.69, 9.17) is 0 Å². The Balaban J connectivity index is 1.59. The van der Waals surface area contributed by atoms with E-state index >= 15 is 0 Å². The Bertz CT molecular complexity index is 650. The summed E-state index contributed by atoms with van der Waals surface area (Å²) in [6.07, 6.45) is 5.64. The van der Waals surface area contributed by atoms with Crippen molar-refractivity contribution in [2.24, 2.45) is 0 Å². The Morgan fingerprint density at radius 1 is 1.09 bits per heavy atom. The lowest BCUT2D eigenvalue weighted by Crippen LogP contribution is -2.22. The Morgan fingerprint density at radius 2 is 1.77 bits per heavy atom. The van der Waals surface area contributed by atoms with Gasteiger partial charge in [0.2, 0.25) is 5.95 Å². The van der Waals surface area contributed by atoms with Gasteiger partial charge in [0.25, 0.3) is 0 Å². The van der Waals surface area contributed by atoms with Crippen LogP contribution in [0.5, 0.6) is 0 Å². The molecule has 1 fully saturated rings. The minimum Gasteiger partial charge on any atom is -0.341 e. The van der Waals surface area contributed by atoms with Crippen molar-refractivity contribution in [1.82, 2.24) is 9.97 Å². The quantitative estimate of drug-likeness (QED) is 0.913. The molecule has 0 saturated carbocycles. The summed E-state index contributed by atoms with van der Waals surface area (Å²) in [7, 11) is 0.